The van der Waals surface area contributed by atoms with E-state index < -0.39 is 15.8 Å². The van der Waals surface area contributed by atoms with Crippen LogP contribution in [0.15, 0.2) is 89.0 Å². The van der Waals surface area contributed by atoms with Crippen LogP contribution in [0.2, 0.25) is 0 Å². The molecule has 4 aromatic rings. The number of thioether (sulfide) groups is 1. The molecule has 194 valence electrons. The lowest BCUT2D eigenvalue weighted by atomic mass is 10.0. The summed E-state index contributed by atoms with van der Waals surface area (Å²) in [5.74, 6) is -0.195. The van der Waals surface area contributed by atoms with Gasteiger partial charge in [0, 0.05) is 11.3 Å². The lowest BCUT2D eigenvalue weighted by Crippen LogP contribution is -2.34. The predicted octanol–water partition coefficient (Wildman–Crippen LogP) is 5.85. The molecule has 5 rings (SSSR count). The molecule has 0 unspecified atom stereocenters. The molecule has 3 aromatic carbocycles. The quantitative estimate of drug-likeness (QED) is 0.230. The summed E-state index contributed by atoms with van der Waals surface area (Å²) in [4.78, 5) is 21.2. The van der Waals surface area contributed by atoms with Gasteiger partial charge in [0.25, 0.3) is 10.0 Å². The number of sulfonamides is 1. The summed E-state index contributed by atoms with van der Waals surface area (Å²) in [5, 5.41) is 3.15. The van der Waals surface area contributed by atoms with Gasteiger partial charge in [0.05, 0.1) is 29.9 Å². The molecule has 0 radical (unpaired) electrons. The average Bonchev–Trinajstić information content (AvgIpc) is 2.90. The Morgan fingerprint density at radius 1 is 1.05 bits per heavy atom. The minimum atomic E-state index is -4.01. The second-order valence-electron chi connectivity index (χ2n) is 9.14. The van der Waals surface area contributed by atoms with Crippen LogP contribution >= 0.6 is 11.8 Å². The van der Waals surface area contributed by atoms with E-state index in [1.54, 1.807) is 36.4 Å². The van der Waals surface area contributed by atoms with Crippen LogP contribution in [-0.2, 0) is 21.4 Å². The third-order valence-corrected chi connectivity index (χ3v) is 8.76. The summed E-state index contributed by atoms with van der Waals surface area (Å²) in [7, 11) is -4.01. The zero-order valence-corrected chi connectivity index (χ0v) is 22.4. The van der Waals surface area contributed by atoms with Crippen molar-refractivity contribution < 1.29 is 17.6 Å². The summed E-state index contributed by atoms with van der Waals surface area (Å²) >= 11 is 1.12. The summed E-state index contributed by atoms with van der Waals surface area (Å²) in [6.07, 6.45) is 1.27. The second kappa shape index (κ2) is 10.5. The van der Waals surface area contributed by atoms with E-state index in [4.69, 9.17) is 0 Å². The van der Waals surface area contributed by atoms with Crippen LogP contribution in [0.25, 0.3) is 11.3 Å². The number of aromatic nitrogens is 2. The van der Waals surface area contributed by atoms with Crippen LogP contribution in [0.5, 0.6) is 0 Å². The van der Waals surface area contributed by atoms with Gasteiger partial charge in [-0.2, -0.15) is 0 Å². The van der Waals surface area contributed by atoms with Crippen molar-refractivity contribution in [3.8, 4) is 11.3 Å². The van der Waals surface area contributed by atoms with E-state index in [1.807, 2.05) is 24.3 Å². The van der Waals surface area contributed by atoms with Gasteiger partial charge in [0.2, 0.25) is 5.91 Å². The number of nitrogens with zero attached hydrogens (tertiary/aromatic N) is 3. The Labute approximate surface area is 225 Å². The number of rotatable bonds is 7. The summed E-state index contributed by atoms with van der Waals surface area (Å²) in [6, 6.07) is 20.6. The fourth-order valence-electron chi connectivity index (χ4n) is 4.20. The van der Waals surface area contributed by atoms with Crippen LogP contribution in [0.4, 0.5) is 15.8 Å². The normalized spacial score (nSPS) is 13.6. The molecule has 0 saturated carbocycles. The van der Waals surface area contributed by atoms with Gasteiger partial charge in [0.1, 0.15) is 10.7 Å². The average molecular weight is 549 g/mol. The molecule has 38 heavy (non-hydrogen) atoms. The van der Waals surface area contributed by atoms with Crippen molar-refractivity contribution in [1.29, 1.82) is 0 Å². The number of nitrogens with one attached hydrogen (secondary N) is 1. The first kappa shape index (κ1) is 25.9. The van der Waals surface area contributed by atoms with Crippen molar-refractivity contribution in [2.75, 3.05) is 15.4 Å². The van der Waals surface area contributed by atoms with E-state index in [9.17, 15) is 17.6 Å². The van der Waals surface area contributed by atoms with Gasteiger partial charge >= 0.3 is 0 Å². The maximum absolute atomic E-state index is 13.8. The van der Waals surface area contributed by atoms with E-state index in [-0.39, 0.29) is 34.0 Å². The maximum Gasteiger partial charge on any atom is 0.268 e. The Morgan fingerprint density at radius 3 is 2.55 bits per heavy atom. The topological polar surface area (TPSA) is 92.3 Å². The predicted molar refractivity (Wildman–Crippen MR) is 147 cm³/mol. The molecule has 1 aromatic heterocycles. The van der Waals surface area contributed by atoms with E-state index >= 15 is 0 Å². The Kier molecular flexibility index (Phi) is 7.18. The summed E-state index contributed by atoms with van der Waals surface area (Å²) < 4.78 is 42.2. The van der Waals surface area contributed by atoms with Gasteiger partial charge in [0.15, 0.2) is 5.16 Å². The molecule has 1 aliphatic heterocycles. The number of amides is 1. The second-order valence-corrected chi connectivity index (χ2v) is 11.9. The van der Waals surface area contributed by atoms with Gasteiger partial charge < -0.3 is 5.32 Å². The van der Waals surface area contributed by atoms with E-state index in [1.165, 1.54) is 28.2 Å². The molecule has 0 atom stereocenters. The third-order valence-electron chi connectivity index (χ3n) is 6.14. The first-order valence-electron chi connectivity index (χ1n) is 12.0. The van der Waals surface area contributed by atoms with Crippen molar-refractivity contribution in [2.45, 2.75) is 36.4 Å². The molecule has 1 N–H and O–H groups in total. The van der Waals surface area contributed by atoms with Crippen molar-refractivity contribution in [2.24, 2.45) is 0 Å². The van der Waals surface area contributed by atoms with E-state index in [2.05, 4.69) is 29.1 Å². The highest BCUT2D eigenvalue weighted by Crippen LogP contribution is 2.42. The first-order valence-corrected chi connectivity index (χ1v) is 14.4. The van der Waals surface area contributed by atoms with Gasteiger partial charge in [-0.15, -0.1) is 0 Å². The van der Waals surface area contributed by atoms with Crippen LogP contribution in [0, 0.1) is 5.82 Å². The molecular weight excluding hydrogens is 523 g/mol. The molecule has 0 saturated heterocycles. The van der Waals surface area contributed by atoms with Crippen LogP contribution < -0.4 is 9.62 Å². The molecule has 0 spiro atoms. The smallest absolute Gasteiger partial charge is 0.268 e. The minimum Gasteiger partial charge on any atom is -0.325 e. The van der Waals surface area contributed by atoms with E-state index in [0.29, 0.717) is 28.4 Å². The standard InChI is InChI=1S/C28H25FN4O3S2/c1-18(2)20-10-12-22(13-11-20)31-26(34)17-37-28-30-15-25-27(32-28)23-8-3-4-9-24(23)33(38(25,35)36)16-19-6-5-7-21(29)14-19/h3-15,18H,16-17H2,1-2H3,(H,31,34). The Morgan fingerprint density at radius 2 is 1.82 bits per heavy atom. The van der Waals surface area contributed by atoms with Gasteiger partial charge in [-0.1, -0.05) is 68.1 Å². The van der Waals surface area contributed by atoms with Crippen LogP contribution in [0.1, 0.15) is 30.9 Å². The number of benzene rings is 3. The molecule has 0 fully saturated rings. The van der Waals surface area contributed by atoms with Crippen LogP contribution in [0.3, 0.4) is 0 Å². The van der Waals surface area contributed by atoms with E-state index in [0.717, 1.165) is 11.8 Å². The highest BCUT2D eigenvalue weighted by atomic mass is 32.2. The zero-order valence-electron chi connectivity index (χ0n) is 20.8. The fourth-order valence-corrected chi connectivity index (χ4v) is 6.37. The molecule has 1 aliphatic rings. The number of hydrogen-bond acceptors (Lipinski definition) is 6. The summed E-state index contributed by atoms with van der Waals surface area (Å²) in [5.41, 5.74) is 3.74. The third kappa shape index (κ3) is 5.27. The molecule has 0 bridgehead atoms. The number of anilines is 2. The fraction of sp³-hybridized carbons (Fsp3) is 0.179. The lowest BCUT2D eigenvalue weighted by molar-refractivity contribution is -0.113. The zero-order chi connectivity index (χ0) is 26.9. The van der Waals surface area contributed by atoms with Crippen molar-refractivity contribution in [1.82, 2.24) is 9.97 Å². The highest BCUT2D eigenvalue weighted by molar-refractivity contribution is 7.99. The van der Waals surface area contributed by atoms with Gasteiger partial charge in [-0.3, -0.25) is 9.10 Å². The minimum absolute atomic E-state index is 0.0355. The molecular formula is C28H25FN4O3S2. The van der Waals surface area contributed by atoms with Crippen molar-refractivity contribution >= 4 is 39.1 Å². The maximum atomic E-state index is 13.8. The molecule has 1 amide bonds. The molecule has 2 heterocycles. The SMILES string of the molecule is CC(C)c1ccc(NC(=O)CSc2ncc3c(n2)-c2ccccc2N(Cc2cccc(F)c2)S3(=O)=O)cc1. The highest BCUT2D eigenvalue weighted by Gasteiger charge is 2.36. The number of carbonyl (C=O) groups is 1. The number of hydrogen-bond donors (Lipinski definition) is 1. The Bertz CT molecular complexity index is 1610. The number of para-hydroxylation sites is 1. The van der Waals surface area contributed by atoms with Crippen molar-refractivity contribution in [3.63, 3.8) is 0 Å². The number of halogens is 1. The largest absolute Gasteiger partial charge is 0.325 e. The molecule has 7 nitrogen and oxygen atoms in total. The van der Waals surface area contributed by atoms with Crippen molar-refractivity contribution in [3.05, 3.63) is 95.9 Å². The molecule has 0 aliphatic carbocycles. The monoisotopic (exact) mass is 548 g/mol. The number of carbonyl (C=O) groups excluding carboxylic acids is 1. The first-order chi connectivity index (χ1) is 18.2. The Hall–Kier alpha value is -3.76. The van der Waals surface area contributed by atoms with Gasteiger partial charge in [-0.25, -0.2) is 22.8 Å². The molecule has 10 heteroatoms. The van der Waals surface area contributed by atoms with Gasteiger partial charge in [-0.05, 0) is 47.4 Å². The Balaban J connectivity index is 1.37. The lowest BCUT2D eigenvalue weighted by Gasteiger charge is -2.31. The van der Waals surface area contributed by atoms with Crippen LogP contribution in [-0.4, -0.2) is 30.0 Å². The summed E-state index contributed by atoms with van der Waals surface area (Å²) in [6.45, 7) is 4.17. The number of fused-ring (bicyclic) bond motifs is 3.